The van der Waals surface area contributed by atoms with Gasteiger partial charge in [0, 0.05) is 5.34 Å². The van der Waals surface area contributed by atoms with Crippen LogP contribution in [0.25, 0.3) is 0 Å². The molecule has 0 aromatic heterocycles. The van der Waals surface area contributed by atoms with Crippen molar-refractivity contribution in [2.24, 2.45) is 0 Å². The first kappa shape index (κ1) is 30.2. The van der Waals surface area contributed by atoms with E-state index in [1.54, 1.807) is 0 Å². The minimum atomic E-state index is 0. The van der Waals surface area contributed by atoms with Gasteiger partial charge in [-0.15, -0.1) is 12.4 Å². The van der Waals surface area contributed by atoms with Crippen LogP contribution in [-0.2, 0) is 0 Å². The molecule has 0 heterocycles. The zero-order valence-corrected chi connectivity index (χ0v) is 3.25. The molecule has 6 heteroatoms. The maximum atomic E-state index is 8.12. The van der Waals surface area contributed by atoms with Crippen LogP contribution in [0.3, 0.4) is 0 Å². The van der Waals surface area contributed by atoms with Crippen molar-refractivity contribution < 1.29 is 5.34 Å². The van der Waals surface area contributed by atoms with Crippen LogP contribution < -0.4 is 11.5 Å². The quantitative estimate of drug-likeness (QED) is 0.228. The summed E-state index contributed by atoms with van der Waals surface area (Å²) in [5, 5.41) is 8.38. The third kappa shape index (κ3) is 147. The Morgan fingerprint density at radius 3 is 1.50 bits per heavy atom. The molecule has 4 N–H and O–H groups in total. The molecule has 0 unspecified atom stereocenters. The Morgan fingerprint density at radius 1 is 1.50 bits per heavy atom. The summed E-state index contributed by atoms with van der Waals surface area (Å²) in [5.74, 6) is 0. The van der Waals surface area contributed by atoms with Gasteiger partial charge in [-0.1, -0.05) is 0 Å². The first-order valence-electron chi connectivity index (χ1n) is 0.408. The van der Waals surface area contributed by atoms with Crippen LogP contribution in [0, 0.1) is 10.1 Å². The van der Waals surface area contributed by atoms with Gasteiger partial charge in [-0.2, -0.15) is 0 Å². The van der Waals surface area contributed by atoms with Crippen LogP contribution >= 0.6 is 12.4 Å². The van der Waals surface area contributed by atoms with Crippen LogP contribution in [-0.4, -0.2) is 29.6 Å². The summed E-state index contributed by atoms with van der Waals surface area (Å²) in [7, 11) is 0. The fraction of sp³-hybridized carbons (Fsp3) is 0. The van der Waals surface area contributed by atoms with Crippen LogP contribution in [0.15, 0.2) is 0 Å². The Bertz CT molecular complexity index is 19.0. The maximum absolute atomic E-state index is 8.12. The van der Waals surface area contributed by atoms with E-state index in [0.29, 0.717) is 0 Å². The topological polar surface area (TPSA) is 89.1 Å². The molecule has 0 saturated heterocycles. The Morgan fingerprint density at radius 2 is 1.50 bits per heavy atom. The molecule has 0 radical (unpaired) electrons. The standard InChI is InChI=1S/ClH.HNO2.H3N.Na.H/c;2-1-3;;;/h1H;1H;1H3;;. The molecule has 0 aromatic rings. The van der Waals surface area contributed by atoms with Crippen molar-refractivity contribution in [3.8, 4) is 0 Å². The molecule has 0 bridgehead atoms. The molecule has 0 aliphatic rings. The van der Waals surface area contributed by atoms with Gasteiger partial charge in [0.15, 0.2) is 0 Å². The first-order chi connectivity index (χ1) is 1.41. The van der Waals surface area contributed by atoms with Gasteiger partial charge in [0.25, 0.3) is 0 Å². The van der Waals surface area contributed by atoms with E-state index in [9.17, 15) is 0 Å². The van der Waals surface area contributed by atoms with Crippen molar-refractivity contribution in [1.29, 1.82) is 0 Å². The third-order valence-electron chi connectivity index (χ3n) is 0. The van der Waals surface area contributed by atoms with E-state index < -0.39 is 0 Å². The van der Waals surface area contributed by atoms with Gasteiger partial charge in [-0.05, 0) is 0 Å². The minimum absolute atomic E-state index is 0. The summed E-state index contributed by atoms with van der Waals surface area (Å²) >= 11 is 0. The molecule has 4 nitrogen and oxygen atoms in total. The van der Waals surface area contributed by atoms with Crippen molar-refractivity contribution in [3.63, 3.8) is 0 Å². The predicted molar refractivity (Wildman–Crippen MR) is 27.1 cm³/mol. The fourth-order valence-electron chi connectivity index (χ4n) is 0. The molecule has 0 aliphatic carbocycles. The second kappa shape index (κ2) is 44.9. The average Bonchev–Trinajstić information content (AvgIpc) is 0.918. The van der Waals surface area contributed by atoms with Crippen LogP contribution in [0.4, 0.5) is 0 Å². The summed E-state index contributed by atoms with van der Waals surface area (Å²) in [6.45, 7) is 0. The fourth-order valence-corrected chi connectivity index (χ4v) is 0. The molecule has 0 rings (SSSR count). The summed E-state index contributed by atoms with van der Waals surface area (Å²) in [6.07, 6.45) is 0. The Balaban J connectivity index is -0.00000000667. The molecule has 0 spiro atoms. The SMILES string of the molecule is Cl.N.O=[NH+][O-].[NaH]. The molecule has 0 atom stereocenters. The van der Waals surface area contributed by atoms with Gasteiger partial charge in [0.1, 0.15) is 0 Å². The second-order valence-electron chi connectivity index (χ2n) is 0.0833. The van der Waals surface area contributed by atoms with E-state index in [0.717, 1.165) is 0 Å². The summed E-state index contributed by atoms with van der Waals surface area (Å²) in [6, 6.07) is 0. The number of hydrogen-bond donors (Lipinski definition) is 2. The molecular weight excluding hydrogens is 118 g/mol. The molecule has 0 amide bonds. The number of hydrogen-bond acceptors (Lipinski definition) is 3. The number of halogens is 1. The van der Waals surface area contributed by atoms with Gasteiger partial charge in [0.05, 0.1) is 0 Å². The molecule has 0 aromatic carbocycles. The molecule has 0 aliphatic heterocycles. The summed E-state index contributed by atoms with van der Waals surface area (Å²) in [4.78, 5) is 8.12. The molecular formula is H6ClN2NaO2. The van der Waals surface area contributed by atoms with Crippen LogP contribution in [0.1, 0.15) is 0 Å². The van der Waals surface area contributed by atoms with Gasteiger partial charge in [-0.3, -0.25) is 10.1 Å². The Kier molecular flexibility index (Phi) is 226. The van der Waals surface area contributed by atoms with E-state index in [4.69, 9.17) is 10.1 Å². The number of rotatable bonds is 0. The van der Waals surface area contributed by atoms with E-state index in [-0.39, 0.29) is 53.5 Å². The Hall–Kier alpha value is 0.650. The van der Waals surface area contributed by atoms with Crippen molar-refractivity contribution in [3.05, 3.63) is 10.1 Å². The normalized spacial score (nSPS) is 2.00. The van der Waals surface area contributed by atoms with Crippen molar-refractivity contribution in [1.82, 2.24) is 6.15 Å². The monoisotopic (exact) mass is 124 g/mol. The summed E-state index contributed by atoms with van der Waals surface area (Å²) < 4.78 is 0. The van der Waals surface area contributed by atoms with Gasteiger partial charge in [-0.25, -0.2) is 0 Å². The second-order valence-corrected chi connectivity index (χ2v) is 0.0833. The molecule has 36 valence electrons. The van der Waals surface area contributed by atoms with Crippen molar-refractivity contribution in [2.75, 3.05) is 0 Å². The predicted octanol–water partition coefficient (Wildman–Crippen LogP) is -1.73. The van der Waals surface area contributed by atoms with Gasteiger partial charge >= 0.3 is 29.6 Å². The van der Waals surface area contributed by atoms with E-state index >= 15 is 0 Å². The summed E-state index contributed by atoms with van der Waals surface area (Å²) in [5.41, 5.74) is 0. The number of nitrogens with one attached hydrogen (secondary N) is 1. The van der Waals surface area contributed by atoms with Gasteiger partial charge < -0.3 is 6.15 Å². The molecule has 0 fully saturated rings. The molecule has 6 heavy (non-hydrogen) atoms. The van der Waals surface area contributed by atoms with Crippen molar-refractivity contribution >= 4 is 42.0 Å². The van der Waals surface area contributed by atoms with Crippen molar-refractivity contribution in [2.45, 2.75) is 0 Å². The van der Waals surface area contributed by atoms with Crippen LogP contribution in [0.2, 0.25) is 0 Å². The zero-order valence-electron chi connectivity index (χ0n) is 2.43. The molecule has 0 saturated carbocycles. The van der Waals surface area contributed by atoms with E-state index in [1.165, 1.54) is 0 Å². The third-order valence-corrected chi connectivity index (χ3v) is 0. The van der Waals surface area contributed by atoms with E-state index in [2.05, 4.69) is 0 Å². The van der Waals surface area contributed by atoms with E-state index in [1.807, 2.05) is 0 Å². The zero-order chi connectivity index (χ0) is 2.71. The average molecular weight is 125 g/mol. The van der Waals surface area contributed by atoms with Gasteiger partial charge in [0.2, 0.25) is 0 Å². The Labute approximate surface area is 63.5 Å². The first-order valence-corrected chi connectivity index (χ1v) is 0.408. The van der Waals surface area contributed by atoms with Crippen LogP contribution in [0.5, 0.6) is 0 Å².